The highest BCUT2D eigenvalue weighted by atomic mass is 16.5. The van der Waals surface area contributed by atoms with E-state index in [4.69, 9.17) is 4.74 Å². The zero-order valence-corrected chi connectivity index (χ0v) is 11.4. The first-order chi connectivity index (χ1) is 8.00. The molecule has 3 saturated heterocycles. The van der Waals surface area contributed by atoms with Crippen LogP contribution in [0, 0.1) is 5.41 Å². The monoisotopic (exact) mass is 238 g/mol. The predicted molar refractivity (Wildman–Crippen MR) is 69.1 cm³/mol. The van der Waals surface area contributed by atoms with Gasteiger partial charge in [-0.05, 0) is 31.1 Å². The van der Waals surface area contributed by atoms with E-state index in [0.717, 1.165) is 13.2 Å². The summed E-state index contributed by atoms with van der Waals surface area (Å²) in [5.74, 6) is 0. The second-order valence-electron chi connectivity index (χ2n) is 7.21. The van der Waals surface area contributed by atoms with E-state index in [0.29, 0.717) is 18.1 Å². The summed E-state index contributed by atoms with van der Waals surface area (Å²) < 4.78 is 6.32. The number of rotatable bonds is 0. The summed E-state index contributed by atoms with van der Waals surface area (Å²) in [5, 5.41) is 7.46. The maximum Gasteiger partial charge on any atom is 0.0870 e. The van der Waals surface area contributed by atoms with Crippen molar-refractivity contribution in [1.29, 1.82) is 0 Å². The van der Waals surface area contributed by atoms with E-state index in [2.05, 4.69) is 31.4 Å². The molecule has 3 atom stereocenters. The molecule has 0 saturated carbocycles. The highest BCUT2D eigenvalue weighted by molar-refractivity contribution is 5.10. The zero-order valence-electron chi connectivity index (χ0n) is 11.4. The Morgan fingerprint density at radius 2 is 1.76 bits per heavy atom. The van der Waals surface area contributed by atoms with Gasteiger partial charge in [-0.1, -0.05) is 20.8 Å². The molecule has 3 fully saturated rings. The molecule has 17 heavy (non-hydrogen) atoms. The van der Waals surface area contributed by atoms with Crippen molar-refractivity contribution in [2.24, 2.45) is 5.41 Å². The summed E-state index contributed by atoms with van der Waals surface area (Å²) in [6.45, 7) is 8.90. The van der Waals surface area contributed by atoms with Gasteiger partial charge in [-0.25, -0.2) is 0 Å². The van der Waals surface area contributed by atoms with Crippen LogP contribution in [0.15, 0.2) is 0 Å². The molecule has 3 heterocycles. The second-order valence-corrected chi connectivity index (χ2v) is 7.21. The third-order valence-corrected chi connectivity index (χ3v) is 4.75. The lowest BCUT2D eigenvalue weighted by Gasteiger charge is -2.53. The summed E-state index contributed by atoms with van der Waals surface area (Å²) in [7, 11) is 0. The van der Waals surface area contributed by atoms with Crippen LogP contribution >= 0.6 is 0 Å². The number of ether oxygens (including phenoxy) is 1. The summed E-state index contributed by atoms with van der Waals surface area (Å²) in [6, 6.07) is 1.88. The van der Waals surface area contributed by atoms with Gasteiger partial charge in [-0.3, -0.25) is 0 Å². The van der Waals surface area contributed by atoms with E-state index in [1.54, 1.807) is 0 Å². The second kappa shape index (κ2) is 3.94. The molecule has 0 aliphatic carbocycles. The third kappa shape index (κ3) is 2.02. The molecule has 2 N–H and O–H groups in total. The lowest BCUT2D eigenvalue weighted by molar-refractivity contribution is -0.144. The standard InChI is InChI=1S/C14H26N2O/c1-13(2,3)12-14(17-7-6-15-12)8-10-4-5-11(9-14)16-10/h10-12,15-16H,4-9H2,1-3H3. The van der Waals surface area contributed by atoms with Crippen molar-refractivity contribution < 1.29 is 4.74 Å². The van der Waals surface area contributed by atoms with Crippen molar-refractivity contribution in [2.75, 3.05) is 13.2 Å². The van der Waals surface area contributed by atoms with Crippen LogP contribution in [0.5, 0.6) is 0 Å². The minimum atomic E-state index is 0.0909. The lowest BCUT2D eigenvalue weighted by atomic mass is 9.69. The van der Waals surface area contributed by atoms with E-state index in [1.165, 1.54) is 25.7 Å². The van der Waals surface area contributed by atoms with Gasteiger partial charge in [0.1, 0.15) is 0 Å². The van der Waals surface area contributed by atoms with Gasteiger partial charge in [0.25, 0.3) is 0 Å². The molecule has 3 aliphatic heterocycles. The van der Waals surface area contributed by atoms with Crippen molar-refractivity contribution >= 4 is 0 Å². The van der Waals surface area contributed by atoms with Gasteiger partial charge in [-0.2, -0.15) is 0 Å². The Labute approximate surface area is 105 Å². The molecule has 1 spiro atoms. The number of fused-ring (bicyclic) bond motifs is 2. The first-order valence-electron chi connectivity index (χ1n) is 7.13. The third-order valence-electron chi connectivity index (χ3n) is 4.75. The van der Waals surface area contributed by atoms with Crippen LogP contribution in [0.2, 0.25) is 0 Å². The van der Waals surface area contributed by atoms with Crippen LogP contribution in [0.25, 0.3) is 0 Å². The quantitative estimate of drug-likeness (QED) is 0.673. The van der Waals surface area contributed by atoms with Crippen LogP contribution in [0.1, 0.15) is 46.5 Å². The van der Waals surface area contributed by atoms with Crippen LogP contribution in [0.3, 0.4) is 0 Å². The van der Waals surface area contributed by atoms with Gasteiger partial charge < -0.3 is 15.4 Å². The molecule has 3 heteroatoms. The molecule has 0 aromatic heterocycles. The molecule has 3 nitrogen and oxygen atoms in total. The van der Waals surface area contributed by atoms with Gasteiger partial charge in [0.15, 0.2) is 0 Å². The largest absolute Gasteiger partial charge is 0.372 e. The van der Waals surface area contributed by atoms with Crippen LogP contribution in [-0.2, 0) is 4.74 Å². The van der Waals surface area contributed by atoms with Gasteiger partial charge in [0.05, 0.1) is 12.2 Å². The average Bonchev–Trinajstić information content (AvgIpc) is 2.57. The normalized spacial score (nSPS) is 46.4. The number of nitrogens with one attached hydrogen (secondary N) is 2. The molecular formula is C14H26N2O. The SMILES string of the molecule is CC(C)(C)C1NCCOC12CC1CCC(C2)N1. The lowest BCUT2D eigenvalue weighted by Crippen LogP contribution is -2.67. The van der Waals surface area contributed by atoms with Gasteiger partial charge in [0.2, 0.25) is 0 Å². The fourth-order valence-electron chi connectivity index (χ4n) is 4.32. The molecule has 2 bridgehead atoms. The van der Waals surface area contributed by atoms with E-state index in [1.807, 2.05) is 0 Å². The fraction of sp³-hybridized carbons (Fsp3) is 1.00. The minimum absolute atomic E-state index is 0.0909. The van der Waals surface area contributed by atoms with Gasteiger partial charge in [-0.15, -0.1) is 0 Å². The highest BCUT2D eigenvalue weighted by Crippen LogP contribution is 2.44. The topological polar surface area (TPSA) is 33.3 Å². The smallest absolute Gasteiger partial charge is 0.0870 e. The molecule has 0 radical (unpaired) electrons. The van der Waals surface area contributed by atoms with E-state index >= 15 is 0 Å². The summed E-state index contributed by atoms with van der Waals surface area (Å²) in [6.07, 6.45) is 5.07. The maximum absolute atomic E-state index is 6.32. The zero-order chi connectivity index (χ0) is 12.1. The molecule has 0 aromatic carbocycles. The number of hydrogen-bond donors (Lipinski definition) is 2. The summed E-state index contributed by atoms with van der Waals surface area (Å²) in [5.41, 5.74) is 0.366. The number of hydrogen-bond acceptors (Lipinski definition) is 3. The van der Waals surface area contributed by atoms with Crippen molar-refractivity contribution in [3.63, 3.8) is 0 Å². The summed E-state index contributed by atoms with van der Waals surface area (Å²) in [4.78, 5) is 0. The Balaban J connectivity index is 1.87. The molecule has 3 aliphatic rings. The Morgan fingerprint density at radius 1 is 1.12 bits per heavy atom. The Kier molecular flexibility index (Phi) is 2.77. The molecule has 0 aromatic rings. The molecule has 3 unspecified atom stereocenters. The first-order valence-corrected chi connectivity index (χ1v) is 7.13. The molecule has 3 rings (SSSR count). The van der Waals surface area contributed by atoms with E-state index < -0.39 is 0 Å². The maximum atomic E-state index is 6.32. The summed E-state index contributed by atoms with van der Waals surface area (Å²) >= 11 is 0. The predicted octanol–water partition coefficient (Wildman–Crippen LogP) is 1.67. The van der Waals surface area contributed by atoms with Crippen molar-refractivity contribution in [2.45, 2.75) is 70.2 Å². The van der Waals surface area contributed by atoms with Crippen LogP contribution in [0.4, 0.5) is 0 Å². The van der Waals surface area contributed by atoms with Crippen LogP contribution in [-0.4, -0.2) is 36.9 Å². The van der Waals surface area contributed by atoms with Gasteiger partial charge in [0, 0.05) is 24.7 Å². The van der Waals surface area contributed by atoms with E-state index in [9.17, 15) is 0 Å². The Bertz CT molecular complexity index is 285. The fourth-order valence-corrected chi connectivity index (χ4v) is 4.32. The van der Waals surface area contributed by atoms with E-state index in [-0.39, 0.29) is 11.0 Å². The van der Waals surface area contributed by atoms with Crippen molar-refractivity contribution in [3.05, 3.63) is 0 Å². The Morgan fingerprint density at radius 3 is 2.35 bits per heavy atom. The average molecular weight is 238 g/mol. The minimum Gasteiger partial charge on any atom is -0.372 e. The molecular weight excluding hydrogens is 212 g/mol. The molecule has 0 amide bonds. The van der Waals surface area contributed by atoms with Gasteiger partial charge >= 0.3 is 0 Å². The first kappa shape index (κ1) is 11.9. The number of piperidine rings is 1. The Hall–Kier alpha value is -0.120. The van der Waals surface area contributed by atoms with Crippen molar-refractivity contribution in [1.82, 2.24) is 10.6 Å². The van der Waals surface area contributed by atoms with Crippen LogP contribution < -0.4 is 10.6 Å². The van der Waals surface area contributed by atoms with Crippen molar-refractivity contribution in [3.8, 4) is 0 Å². The highest BCUT2D eigenvalue weighted by Gasteiger charge is 2.53. The number of morpholine rings is 1. The molecule has 98 valence electrons.